The van der Waals surface area contributed by atoms with E-state index in [9.17, 15) is 0 Å². The van der Waals surface area contributed by atoms with E-state index in [-0.39, 0.29) is 0 Å². The van der Waals surface area contributed by atoms with E-state index >= 15 is 0 Å². The molecule has 1 atom stereocenters. The van der Waals surface area contributed by atoms with Gasteiger partial charge in [-0.3, -0.25) is 0 Å². The highest BCUT2D eigenvalue weighted by atomic mass is 35.5. The second-order valence-electron chi connectivity index (χ2n) is 4.72. The van der Waals surface area contributed by atoms with Crippen LogP contribution in [0.3, 0.4) is 0 Å². The maximum absolute atomic E-state index is 5.97. The highest BCUT2D eigenvalue weighted by Gasteiger charge is 2.09. The van der Waals surface area contributed by atoms with E-state index in [1.54, 1.807) is 0 Å². The second kappa shape index (κ2) is 7.70. The molecule has 1 unspecified atom stereocenters. The molecule has 0 amide bonds. The zero-order chi connectivity index (χ0) is 12.7. The summed E-state index contributed by atoms with van der Waals surface area (Å²) < 4.78 is 0. The van der Waals surface area contributed by atoms with Gasteiger partial charge < -0.3 is 10.6 Å². The maximum Gasteiger partial charge on any atom is 0.0409 e. The third kappa shape index (κ3) is 5.53. The summed E-state index contributed by atoms with van der Waals surface area (Å²) in [6.45, 7) is 4.96. The van der Waals surface area contributed by atoms with Crippen LogP contribution < -0.4 is 5.73 Å². The first kappa shape index (κ1) is 14.5. The highest BCUT2D eigenvalue weighted by molar-refractivity contribution is 6.30. The van der Waals surface area contributed by atoms with Gasteiger partial charge in [-0.25, -0.2) is 0 Å². The van der Waals surface area contributed by atoms with Crippen molar-refractivity contribution in [1.29, 1.82) is 0 Å². The molecule has 0 fully saturated rings. The molecule has 0 radical (unpaired) electrons. The lowest BCUT2D eigenvalue weighted by molar-refractivity contribution is 0.263. The fourth-order valence-corrected chi connectivity index (χ4v) is 2.36. The zero-order valence-corrected chi connectivity index (χ0v) is 11.6. The minimum absolute atomic E-state index is 0.601. The maximum atomic E-state index is 5.97. The van der Waals surface area contributed by atoms with Crippen molar-refractivity contribution in [3.05, 3.63) is 34.9 Å². The van der Waals surface area contributed by atoms with Crippen LogP contribution in [0.4, 0.5) is 0 Å². The van der Waals surface area contributed by atoms with E-state index in [2.05, 4.69) is 24.9 Å². The second-order valence-corrected chi connectivity index (χ2v) is 5.15. The van der Waals surface area contributed by atoms with Crippen molar-refractivity contribution in [1.82, 2.24) is 4.90 Å². The van der Waals surface area contributed by atoms with E-state index in [0.717, 1.165) is 24.7 Å². The number of hydrogen-bond donors (Lipinski definition) is 1. The number of halogens is 1. The molecule has 3 heteroatoms. The van der Waals surface area contributed by atoms with Crippen molar-refractivity contribution in [2.75, 3.05) is 20.1 Å². The first-order valence-corrected chi connectivity index (χ1v) is 6.66. The predicted octanol–water partition coefficient (Wildman–Crippen LogP) is 3.15. The molecular weight excluding hydrogens is 232 g/mol. The molecule has 0 spiro atoms. The van der Waals surface area contributed by atoms with Crippen molar-refractivity contribution in [2.45, 2.75) is 26.3 Å². The van der Waals surface area contributed by atoms with Gasteiger partial charge in [0.15, 0.2) is 0 Å². The summed E-state index contributed by atoms with van der Waals surface area (Å²) in [6.07, 6.45) is 2.41. The minimum Gasteiger partial charge on any atom is -0.330 e. The van der Waals surface area contributed by atoms with Gasteiger partial charge in [-0.2, -0.15) is 0 Å². The summed E-state index contributed by atoms with van der Waals surface area (Å²) in [5.74, 6) is 0.601. The largest absolute Gasteiger partial charge is 0.330 e. The van der Waals surface area contributed by atoms with Crippen LogP contribution in [-0.4, -0.2) is 25.0 Å². The van der Waals surface area contributed by atoms with Gasteiger partial charge in [0.1, 0.15) is 0 Å². The Hall–Kier alpha value is -0.570. The normalized spacial score (nSPS) is 13.0. The van der Waals surface area contributed by atoms with Crippen molar-refractivity contribution < 1.29 is 0 Å². The van der Waals surface area contributed by atoms with Crippen LogP contribution in [0, 0.1) is 5.92 Å². The number of nitrogens with zero attached hydrogens (tertiary/aromatic N) is 1. The van der Waals surface area contributed by atoms with Gasteiger partial charge in [0, 0.05) is 18.1 Å². The van der Waals surface area contributed by atoms with Crippen LogP contribution in [0.25, 0.3) is 0 Å². The Labute approximate surface area is 110 Å². The van der Waals surface area contributed by atoms with Crippen molar-refractivity contribution in [3.63, 3.8) is 0 Å². The van der Waals surface area contributed by atoms with Gasteiger partial charge in [-0.1, -0.05) is 37.1 Å². The van der Waals surface area contributed by atoms with Crippen LogP contribution in [0.5, 0.6) is 0 Å². The van der Waals surface area contributed by atoms with E-state index in [1.165, 1.54) is 18.4 Å². The molecule has 0 aromatic heterocycles. The molecule has 0 heterocycles. The van der Waals surface area contributed by atoms with Gasteiger partial charge in [-0.05, 0) is 43.6 Å². The summed E-state index contributed by atoms with van der Waals surface area (Å²) in [4.78, 5) is 2.32. The highest BCUT2D eigenvalue weighted by Crippen LogP contribution is 2.13. The molecule has 0 bridgehead atoms. The molecule has 96 valence electrons. The summed E-state index contributed by atoms with van der Waals surface area (Å²) in [6, 6.07) is 8.04. The van der Waals surface area contributed by atoms with Crippen LogP contribution in [0.2, 0.25) is 5.02 Å². The monoisotopic (exact) mass is 254 g/mol. The fourth-order valence-electron chi connectivity index (χ4n) is 2.14. The molecular formula is C14H23ClN2. The average Bonchev–Trinajstić information content (AvgIpc) is 2.28. The van der Waals surface area contributed by atoms with Crippen molar-refractivity contribution in [2.24, 2.45) is 11.7 Å². The zero-order valence-electron chi connectivity index (χ0n) is 10.8. The average molecular weight is 255 g/mol. The van der Waals surface area contributed by atoms with Gasteiger partial charge in [-0.15, -0.1) is 0 Å². The Balaban J connectivity index is 2.45. The molecule has 0 saturated heterocycles. The van der Waals surface area contributed by atoms with Gasteiger partial charge in [0.25, 0.3) is 0 Å². The molecule has 1 rings (SSSR count). The Bertz CT molecular complexity index is 328. The van der Waals surface area contributed by atoms with Crippen LogP contribution >= 0.6 is 11.6 Å². The first-order valence-electron chi connectivity index (χ1n) is 6.28. The Kier molecular flexibility index (Phi) is 6.56. The van der Waals surface area contributed by atoms with Gasteiger partial charge >= 0.3 is 0 Å². The van der Waals surface area contributed by atoms with Crippen molar-refractivity contribution >= 4 is 11.6 Å². The van der Waals surface area contributed by atoms with Crippen LogP contribution in [-0.2, 0) is 6.54 Å². The SMILES string of the molecule is CCCC(CN)CN(C)Cc1cccc(Cl)c1. The van der Waals surface area contributed by atoms with E-state index < -0.39 is 0 Å². The fraction of sp³-hybridized carbons (Fsp3) is 0.571. The molecule has 1 aromatic rings. The Morgan fingerprint density at radius 1 is 1.41 bits per heavy atom. The third-order valence-corrected chi connectivity index (χ3v) is 3.18. The number of rotatable bonds is 7. The van der Waals surface area contributed by atoms with Gasteiger partial charge in [0.2, 0.25) is 0 Å². The lowest BCUT2D eigenvalue weighted by Gasteiger charge is -2.22. The van der Waals surface area contributed by atoms with E-state index in [1.807, 2.05) is 18.2 Å². The standard InChI is InChI=1S/C14H23ClN2/c1-3-5-13(9-16)11-17(2)10-12-6-4-7-14(15)8-12/h4,6-8,13H,3,5,9-11,16H2,1-2H3. The molecule has 1 aromatic carbocycles. The predicted molar refractivity (Wildman–Crippen MR) is 75.2 cm³/mol. The molecule has 0 saturated carbocycles. The topological polar surface area (TPSA) is 29.3 Å². The third-order valence-electron chi connectivity index (χ3n) is 2.94. The quantitative estimate of drug-likeness (QED) is 0.810. The number of hydrogen-bond acceptors (Lipinski definition) is 2. The van der Waals surface area contributed by atoms with Crippen LogP contribution in [0.1, 0.15) is 25.3 Å². The number of nitrogens with two attached hydrogens (primary N) is 1. The number of benzene rings is 1. The smallest absolute Gasteiger partial charge is 0.0409 e. The first-order chi connectivity index (χ1) is 8.15. The summed E-state index contributed by atoms with van der Waals surface area (Å²) >= 11 is 5.97. The Morgan fingerprint density at radius 3 is 2.76 bits per heavy atom. The lowest BCUT2D eigenvalue weighted by Crippen LogP contribution is -2.29. The van der Waals surface area contributed by atoms with E-state index in [4.69, 9.17) is 17.3 Å². The summed E-state index contributed by atoms with van der Waals surface area (Å²) in [7, 11) is 2.14. The molecule has 0 aliphatic carbocycles. The lowest BCUT2D eigenvalue weighted by atomic mass is 10.0. The molecule has 0 aliphatic heterocycles. The molecule has 0 aliphatic rings. The molecule has 2 N–H and O–H groups in total. The molecule has 2 nitrogen and oxygen atoms in total. The van der Waals surface area contributed by atoms with E-state index in [0.29, 0.717) is 5.92 Å². The Morgan fingerprint density at radius 2 is 2.18 bits per heavy atom. The molecule has 17 heavy (non-hydrogen) atoms. The van der Waals surface area contributed by atoms with Gasteiger partial charge in [0.05, 0.1) is 0 Å². The summed E-state index contributed by atoms with van der Waals surface area (Å²) in [5.41, 5.74) is 7.03. The van der Waals surface area contributed by atoms with Crippen molar-refractivity contribution in [3.8, 4) is 0 Å². The van der Waals surface area contributed by atoms with Crippen LogP contribution in [0.15, 0.2) is 24.3 Å². The summed E-state index contributed by atoms with van der Waals surface area (Å²) in [5, 5.41) is 0.805. The minimum atomic E-state index is 0.601.